The van der Waals surface area contributed by atoms with Gasteiger partial charge in [-0.15, -0.1) is 5.69 Å². The zero-order valence-corrected chi connectivity index (χ0v) is 13.2. The van der Waals surface area contributed by atoms with Gasteiger partial charge >= 0.3 is 29.6 Å². The number of hydrogen-bond donors (Lipinski definition) is 0. The van der Waals surface area contributed by atoms with Gasteiger partial charge in [0.25, 0.3) is 0 Å². The Labute approximate surface area is 135 Å². The van der Waals surface area contributed by atoms with Gasteiger partial charge in [0.1, 0.15) is 0 Å². The van der Waals surface area contributed by atoms with Crippen molar-refractivity contribution in [2.75, 3.05) is 0 Å². The Hall–Kier alpha value is -1.35. The summed E-state index contributed by atoms with van der Waals surface area (Å²) in [5.41, 5.74) is 5.43. The maximum absolute atomic E-state index is 4.39. The van der Waals surface area contributed by atoms with E-state index in [0.29, 0.717) is 0 Å². The molecule has 0 spiro atoms. The molecule has 0 radical (unpaired) electrons. The SMILES string of the molecule is Cc1ccc(/C(=C2/C=CC=N2)c2ccc[n-]2)cc1.[Na+]. The van der Waals surface area contributed by atoms with Gasteiger partial charge in [-0.3, -0.25) is 4.99 Å². The number of aliphatic imine (C=N–C) groups is 1. The Kier molecular flexibility index (Phi) is 4.59. The molecule has 88 valence electrons. The molecule has 3 heteroatoms. The molecule has 1 aromatic heterocycles. The second-order valence-electron chi connectivity index (χ2n) is 4.29. The van der Waals surface area contributed by atoms with Gasteiger partial charge in [0.15, 0.2) is 0 Å². The van der Waals surface area contributed by atoms with Crippen molar-refractivity contribution >= 4 is 11.8 Å². The summed E-state index contributed by atoms with van der Waals surface area (Å²) in [6, 6.07) is 12.4. The van der Waals surface area contributed by atoms with Crippen LogP contribution in [0.2, 0.25) is 0 Å². The molecule has 1 aliphatic heterocycles. The molecule has 1 aliphatic rings. The molecule has 3 rings (SSSR count). The van der Waals surface area contributed by atoms with Gasteiger partial charge in [0, 0.05) is 6.21 Å². The summed E-state index contributed by atoms with van der Waals surface area (Å²) >= 11 is 0. The normalized spacial score (nSPS) is 15.4. The van der Waals surface area contributed by atoms with E-state index in [1.807, 2.05) is 36.7 Å². The fourth-order valence-corrected chi connectivity index (χ4v) is 2.04. The maximum Gasteiger partial charge on any atom is 1.00 e. The summed E-state index contributed by atoms with van der Waals surface area (Å²) in [4.78, 5) is 8.79. The van der Waals surface area contributed by atoms with Gasteiger partial charge in [0.05, 0.1) is 5.70 Å². The van der Waals surface area contributed by atoms with Gasteiger partial charge in [0.2, 0.25) is 0 Å². The van der Waals surface area contributed by atoms with E-state index in [0.717, 1.165) is 22.5 Å². The van der Waals surface area contributed by atoms with Crippen molar-refractivity contribution in [2.45, 2.75) is 6.92 Å². The Morgan fingerprint density at radius 1 is 1.11 bits per heavy atom. The third-order valence-electron chi connectivity index (χ3n) is 2.96. The van der Waals surface area contributed by atoms with Crippen molar-refractivity contribution in [1.29, 1.82) is 0 Å². The first-order chi connectivity index (χ1) is 8.84. The molecular formula is C16H13N2Na. The summed E-state index contributed by atoms with van der Waals surface area (Å²) in [6.45, 7) is 2.09. The molecule has 2 aromatic rings. The number of aryl methyl sites for hydroxylation is 1. The Bertz CT molecular complexity index is 618. The summed E-state index contributed by atoms with van der Waals surface area (Å²) in [6.07, 6.45) is 7.59. The Balaban J connectivity index is 0.00000133. The molecule has 0 aliphatic carbocycles. The zero-order chi connectivity index (χ0) is 12.4. The second kappa shape index (κ2) is 6.20. The molecule has 0 N–H and O–H groups in total. The van der Waals surface area contributed by atoms with Crippen LogP contribution in [0.4, 0.5) is 0 Å². The minimum Gasteiger partial charge on any atom is -0.664 e. The summed E-state index contributed by atoms with van der Waals surface area (Å²) < 4.78 is 0. The maximum atomic E-state index is 4.39. The van der Waals surface area contributed by atoms with Crippen LogP contribution in [0, 0.1) is 6.92 Å². The average Bonchev–Trinajstić information content (AvgIpc) is 3.06. The van der Waals surface area contributed by atoms with Crippen molar-refractivity contribution in [3.05, 3.63) is 77.3 Å². The van der Waals surface area contributed by atoms with Crippen molar-refractivity contribution < 1.29 is 29.6 Å². The van der Waals surface area contributed by atoms with Gasteiger partial charge in [-0.25, -0.2) is 0 Å². The molecule has 0 saturated carbocycles. The molecule has 1 aromatic carbocycles. The molecule has 0 amide bonds. The number of aromatic nitrogens is 1. The van der Waals surface area contributed by atoms with Crippen molar-refractivity contribution in [3.8, 4) is 0 Å². The molecule has 0 saturated heterocycles. The predicted octanol–water partition coefficient (Wildman–Crippen LogP) is 0.356. The number of benzene rings is 1. The predicted molar refractivity (Wildman–Crippen MR) is 74.6 cm³/mol. The first-order valence-electron chi connectivity index (χ1n) is 5.95. The third-order valence-corrected chi connectivity index (χ3v) is 2.96. The van der Waals surface area contributed by atoms with Crippen LogP contribution in [0.25, 0.3) is 5.57 Å². The third kappa shape index (κ3) is 2.98. The first-order valence-corrected chi connectivity index (χ1v) is 5.95. The van der Waals surface area contributed by atoms with Crippen LogP contribution in [0.1, 0.15) is 16.8 Å². The number of hydrogen-bond acceptors (Lipinski definition) is 1. The van der Waals surface area contributed by atoms with E-state index >= 15 is 0 Å². The topological polar surface area (TPSA) is 26.5 Å². The van der Waals surface area contributed by atoms with E-state index in [9.17, 15) is 0 Å². The first kappa shape index (κ1) is 14.1. The van der Waals surface area contributed by atoms with E-state index in [1.54, 1.807) is 0 Å². The number of rotatable bonds is 2. The van der Waals surface area contributed by atoms with E-state index in [2.05, 4.69) is 41.2 Å². The molecule has 0 fully saturated rings. The summed E-state index contributed by atoms with van der Waals surface area (Å²) in [5, 5.41) is 0. The van der Waals surface area contributed by atoms with Crippen LogP contribution in [-0.2, 0) is 0 Å². The molecule has 2 heterocycles. The summed E-state index contributed by atoms with van der Waals surface area (Å²) in [7, 11) is 0. The van der Waals surface area contributed by atoms with Crippen molar-refractivity contribution in [3.63, 3.8) is 0 Å². The number of allylic oxidation sites excluding steroid dienone is 2. The minimum atomic E-state index is 0. The fraction of sp³-hybridized carbons (Fsp3) is 0.0625. The van der Waals surface area contributed by atoms with Crippen LogP contribution in [-0.4, -0.2) is 6.21 Å². The molecular weight excluding hydrogens is 243 g/mol. The average molecular weight is 256 g/mol. The second-order valence-corrected chi connectivity index (χ2v) is 4.29. The smallest absolute Gasteiger partial charge is 0.664 e. The van der Waals surface area contributed by atoms with Gasteiger partial charge < -0.3 is 4.98 Å². The van der Waals surface area contributed by atoms with Crippen LogP contribution < -0.4 is 34.5 Å². The fourth-order valence-electron chi connectivity index (χ4n) is 2.04. The van der Waals surface area contributed by atoms with E-state index in [1.165, 1.54) is 5.56 Å². The standard InChI is InChI=1S/C16H13N2.Na/c1-12-6-8-13(9-7-12)16(14-4-2-10-17-14)15-5-3-11-18-15;/h2-11H,1H3;/q-1;+1/b16-14+;. The largest absolute Gasteiger partial charge is 1.00 e. The monoisotopic (exact) mass is 256 g/mol. The van der Waals surface area contributed by atoms with E-state index in [4.69, 9.17) is 0 Å². The molecule has 0 unspecified atom stereocenters. The van der Waals surface area contributed by atoms with Crippen molar-refractivity contribution in [1.82, 2.24) is 4.98 Å². The minimum absolute atomic E-state index is 0. The molecule has 0 bridgehead atoms. The van der Waals surface area contributed by atoms with E-state index < -0.39 is 0 Å². The van der Waals surface area contributed by atoms with Crippen molar-refractivity contribution in [2.24, 2.45) is 4.99 Å². The van der Waals surface area contributed by atoms with Crippen LogP contribution >= 0.6 is 0 Å². The van der Waals surface area contributed by atoms with Gasteiger partial charge in [-0.05, 0) is 30.2 Å². The van der Waals surface area contributed by atoms with Crippen LogP contribution in [0.5, 0.6) is 0 Å². The van der Waals surface area contributed by atoms with Gasteiger partial charge in [-0.2, -0.15) is 6.20 Å². The number of nitrogens with zero attached hydrogens (tertiary/aromatic N) is 2. The van der Waals surface area contributed by atoms with Crippen LogP contribution in [0.15, 0.2) is 65.4 Å². The Morgan fingerprint density at radius 2 is 1.89 bits per heavy atom. The zero-order valence-electron chi connectivity index (χ0n) is 11.2. The summed E-state index contributed by atoms with van der Waals surface area (Å²) in [5.74, 6) is 0. The van der Waals surface area contributed by atoms with E-state index in [-0.39, 0.29) is 29.6 Å². The Morgan fingerprint density at radius 3 is 2.47 bits per heavy atom. The van der Waals surface area contributed by atoms with Gasteiger partial charge in [-0.1, -0.05) is 42.0 Å². The molecule has 2 nitrogen and oxygen atoms in total. The molecule has 0 atom stereocenters. The molecule has 19 heavy (non-hydrogen) atoms. The van der Waals surface area contributed by atoms with Crippen LogP contribution in [0.3, 0.4) is 0 Å². The quantitative estimate of drug-likeness (QED) is 0.712.